The molecule has 1 saturated heterocycles. The molecule has 106 valence electrons. The van der Waals surface area contributed by atoms with E-state index in [4.69, 9.17) is 11.6 Å². The third-order valence-electron chi connectivity index (χ3n) is 3.96. The fourth-order valence-electron chi connectivity index (χ4n) is 2.96. The molecule has 0 aliphatic carbocycles. The molecule has 1 heterocycles. The number of halogens is 1. The van der Waals surface area contributed by atoms with Crippen molar-refractivity contribution in [3.63, 3.8) is 0 Å². The van der Waals surface area contributed by atoms with E-state index in [1.165, 1.54) is 37.8 Å². The lowest BCUT2D eigenvalue weighted by Gasteiger charge is -2.28. The Morgan fingerprint density at radius 1 is 1.32 bits per heavy atom. The van der Waals surface area contributed by atoms with Gasteiger partial charge in [0.2, 0.25) is 0 Å². The monoisotopic (exact) mass is 280 g/mol. The maximum Gasteiger partial charge on any atom is 0.0453 e. The van der Waals surface area contributed by atoms with Crippen LogP contribution in [0.1, 0.15) is 51.1 Å². The Kier molecular flexibility index (Phi) is 5.68. The molecule has 2 unspecified atom stereocenters. The van der Waals surface area contributed by atoms with Crippen LogP contribution in [0.2, 0.25) is 5.02 Å². The van der Waals surface area contributed by atoms with Crippen LogP contribution in [0, 0.1) is 0 Å². The number of rotatable bonds is 5. The molecule has 1 fully saturated rings. The van der Waals surface area contributed by atoms with Crippen molar-refractivity contribution in [3.8, 4) is 0 Å². The molecule has 2 nitrogen and oxygen atoms in total. The van der Waals surface area contributed by atoms with E-state index in [1.54, 1.807) is 0 Å². The summed E-state index contributed by atoms with van der Waals surface area (Å²) in [6.45, 7) is 5.63. The molecule has 2 N–H and O–H groups in total. The molecule has 0 saturated carbocycles. The van der Waals surface area contributed by atoms with Crippen LogP contribution in [-0.2, 0) is 0 Å². The Bertz CT molecular complexity index is 388. The van der Waals surface area contributed by atoms with Crippen molar-refractivity contribution in [1.82, 2.24) is 10.6 Å². The molecule has 1 aliphatic rings. The van der Waals surface area contributed by atoms with Crippen LogP contribution in [0.3, 0.4) is 0 Å². The van der Waals surface area contributed by atoms with Gasteiger partial charge in [-0.1, -0.05) is 36.2 Å². The van der Waals surface area contributed by atoms with Gasteiger partial charge in [0.25, 0.3) is 0 Å². The van der Waals surface area contributed by atoms with Crippen LogP contribution < -0.4 is 10.6 Å². The Balaban J connectivity index is 1.84. The lowest BCUT2D eigenvalue weighted by atomic mass is 9.98. The molecule has 3 heteroatoms. The van der Waals surface area contributed by atoms with Crippen LogP contribution >= 0.6 is 11.6 Å². The van der Waals surface area contributed by atoms with Crippen molar-refractivity contribution in [2.75, 3.05) is 6.54 Å². The molecule has 0 bridgehead atoms. The second-order valence-corrected chi connectivity index (χ2v) is 6.10. The second-order valence-electron chi connectivity index (χ2n) is 5.69. The first-order valence-electron chi connectivity index (χ1n) is 7.40. The van der Waals surface area contributed by atoms with Gasteiger partial charge in [-0.3, -0.25) is 0 Å². The van der Waals surface area contributed by atoms with Gasteiger partial charge in [0.15, 0.2) is 0 Å². The number of nitrogens with one attached hydrogen (secondary N) is 2. The molecule has 1 aromatic carbocycles. The Morgan fingerprint density at radius 3 is 2.79 bits per heavy atom. The maximum atomic E-state index is 6.24. The summed E-state index contributed by atoms with van der Waals surface area (Å²) in [6, 6.07) is 9.57. The minimum Gasteiger partial charge on any atom is -0.314 e. The molecule has 3 atom stereocenters. The predicted octanol–water partition coefficient (Wildman–Crippen LogP) is 3.91. The van der Waals surface area contributed by atoms with Crippen LogP contribution in [0.4, 0.5) is 0 Å². The Hall–Kier alpha value is -0.570. The lowest BCUT2D eigenvalue weighted by molar-refractivity contribution is 0.334. The number of piperidine rings is 1. The zero-order valence-electron chi connectivity index (χ0n) is 12.0. The number of hydrogen-bond acceptors (Lipinski definition) is 2. The summed E-state index contributed by atoms with van der Waals surface area (Å²) in [7, 11) is 0. The van der Waals surface area contributed by atoms with Crippen molar-refractivity contribution in [1.29, 1.82) is 0 Å². The molecule has 0 aromatic heterocycles. The Morgan fingerprint density at radius 2 is 2.11 bits per heavy atom. The minimum absolute atomic E-state index is 0.298. The number of hydrogen-bond donors (Lipinski definition) is 2. The zero-order chi connectivity index (χ0) is 13.7. The Labute approximate surface area is 121 Å². The smallest absolute Gasteiger partial charge is 0.0453 e. The van der Waals surface area contributed by atoms with Crippen molar-refractivity contribution in [2.45, 2.75) is 57.7 Å². The lowest BCUT2D eigenvalue weighted by Crippen LogP contribution is -2.40. The average Bonchev–Trinajstić information content (AvgIpc) is 2.40. The van der Waals surface area contributed by atoms with Gasteiger partial charge >= 0.3 is 0 Å². The van der Waals surface area contributed by atoms with Crippen LogP contribution in [0.25, 0.3) is 0 Å². The van der Waals surface area contributed by atoms with Crippen molar-refractivity contribution in [3.05, 3.63) is 34.9 Å². The maximum absolute atomic E-state index is 6.24. The van der Waals surface area contributed by atoms with Crippen LogP contribution in [0.5, 0.6) is 0 Å². The number of benzene rings is 1. The van der Waals surface area contributed by atoms with E-state index in [1.807, 2.05) is 18.2 Å². The summed E-state index contributed by atoms with van der Waals surface area (Å²) in [5.41, 5.74) is 1.19. The molecule has 2 rings (SSSR count). The van der Waals surface area contributed by atoms with Crippen molar-refractivity contribution < 1.29 is 0 Å². The van der Waals surface area contributed by atoms with E-state index in [-0.39, 0.29) is 0 Å². The van der Waals surface area contributed by atoms with Gasteiger partial charge in [0, 0.05) is 23.1 Å². The van der Waals surface area contributed by atoms with Crippen molar-refractivity contribution in [2.24, 2.45) is 0 Å². The average molecular weight is 281 g/mol. The van der Waals surface area contributed by atoms with Gasteiger partial charge in [-0.2, -0.15) is 0 Å². The molecule has 19 heavy (non-hydrogen) atoms. The third-order valence-corrected chi connectivity index (χ3v) is 4.30. The highest BCUT2D eigenvalue weighted by Crippen LogP contribution is 2.23. The largest absolute Gasteiger partial charge is 0.314 e. The van der Waals surface area contributed by atoms with E-state index in [2.05, 4.69) is 30.5 Å². The SMILES string of the molecule is CC(CC1CCCCN1)N[C@H](C)c1ccccc1Cl. The molecule has 0 spiro atoms. The highest BCUT2D eigenvalue weighted by Gasteiger charge is 2.18. The summed E-state index contributed by atoms with van der Waals surface area (Å²) >= 11 is 6.24. The minimum atomic E-state index is 0.298. The van der Waals surface area contributed by atoms with Gasteiger partial charge in [0.05, 0.1) is 0 Å². The van der Waals surface area contributed by atoms with E-state index in [0.29, 0.717) is 18.1 Å². The molecule has 1 aliphatic heterocycles. The quantitative estimate of drug-likeness (QED) is 0.854. The van der Waals surface area contributed by atoms with Gasteiger partial charge < -0.3 is 10.6 Å². The molecular formula is C16H25ClN2. The zero-order valence-corrected chi connectivity index (χ0v) is 12.7. The summed E-state index contributed by atoms with van der Waals surface area (Å²) in [6.07, 6.45) is 5.19. The first kappa shape index (κ1) is 14.8. The molecule has 0 radical (unpaired) electrons. The van der Waals surface area contributed by atoms with Gasteiger partial charge in [0.1, 0.15) is 0 Å². The van der Waals surface area contributed by atoms with Crippen LogP contribution in [0.15, 0.2) is 24.3 Å². The fourth-order valence-corrected chi connectivity index (χ4v) is 3.26. The molecule has 1 aromatic rings. The topological polar surface area (TPSA) is 24.1 Å². The van der Waals surface area contributed by atoms with Gasteiger partial charge in [-0.05, 0) is 51.3 Å². The highest BCUT2D eigenvalue weighted by molar-refractivity contribution is 6.31. The van der Waals surface area contributed by atoms with E-state index >= 15 is 0 Å². The van der Waals surface area contributed by atoms with E-state index in [0.717, 1.165) is 5.02 Å². The normalized spacial score (nSPS) is 23.0. The second kappa shape index (κ2) is 7.28. The first-order valence-corrected chi connectivity index (χ1v) is 7.78. The molecule has 0 amide bonds. The first-order chi connectivity index (χ1) is 9.16. The van der Waals surface area contributed by atoms with Gasteiger partial charge in [-0.15, -0.1) is 0 Å². The van der Waals surface area contributed by atoms with Crippen molar-refractivity contribution >= 4 is 11.6 Å². The molecular weight excluding hydrogens is 256 g/mol. The fraction of sp³-hybridized carbons (Fsp3) is 0.625. The highest BCUT2D eigenvalue weighted by atomic mass is 35.5. The summed E-state index contributed by atoms with van der Waals surface area (Å²) < 4.78 is 0. The third kappa shape index (κ3) is 4.48. The van der Waals surface area contributed by atoms with E-state index in [9.17, 15) is 0 Å². The van der Waals surface area contributed by atoms with Crippen LogP contribution in [-0.4, -0.2) is 18.6 Å². The predicted molar refractivity (Wildman–Crippen MR) is 82.7 cm³/mol. The standard InChI is InChI=1S/C16H25ClN2/c1-12(11-14-7-5-6-10-18-14)19-13(2)15-8-3-4-9-16(15)17/h3-4,8-9,12-14,18-19H,5-7,10-11H2,1-2H3/t12?,13-,14?/m1/s1. The van der Waals surface area contributed by atoms with Gasteiger partial charge in [-0.25, -0.2) is 0 Å². The summed E-state index contributed by atoms with van der Waals surface area (Å²) in [5.74, 6) is 0. The summed E-state index contributed by atoms with van der Waals surface area (Å²) in [5, 5.41) is 8.12. The van der Waals surface area contributed by atoms with E-state index < -0.39 is 0 Å². The summed E-state index contributed by atoms with van der Waals surface area (Å²) in [4.78, 5) is 0.